The average molecular weight is 252 g/mol. The monoisotopic (exact) mass is 252 g/mol. The smallest absolute Gasteiger partial charge is 0.311 e. The Balaban J connectivity index is 2.32. The van der Waals surface area contributed by atoms with E-state index in [-0.39, 0.29) is 6.61 Å². The predicted octanol–water partition coefficient (Wildman–Crippen LogP) is 1.13. The van der Waals surface area contributed by atoms with Crippen molar-refractivity contribution in [3.63, 3.8) is 0 Å². The Labute approximate surface area is 99.8 Å². The molecule has 0 saturated carbocycles. The summed E-state index contributed by atoms with van der Waals surface area (Å²) in [5, 5.41) is 10.1. The van der Waals surface area contributed by atoms with Gasteiger partial charge in [0.05, 0.1) is 12.6 Å². The molecule has 1 aromatic heterocycles. The maximum atomic E-state index is 10.5. The molecule has 90 valence electrons. The van der Waals surface area contributed by atoms with Crippen LogP contribution in [0.1, 0.15) is 5.56 Å². The van der Waals surface area contributed by atoms with E-state index < -0.39 is 16.5 Å². The van der Waals surface area contributed by atoms with Crippen LogP contribution in [0.3, 0.4) is 0 Å². The van der Waals surface area contributed by atoms with Crippen molar-refractivity contribution in [2.24, 2.45) is 4.36 Å². The van der Waals surface area contributed by atoms with Crippen LogP contribution >= 0.6 is 0 Å². The van der Waals surface area contributed by atoms with Gasteiger partial charge >= 0.3 is 10.5 Å². The van der Waals surface area contributed by atoms with E-state index in [1.807, 2.05) is 30.5 Å². The van der Waals surface area contributed by atoms with E-state index in [4.69, 9.17) is 5.11 Å². The number of fused-ring (bicyclic) bond motifs is 1. The SMILES string of the molecule is O=S(=O)=N[C@H](CO)Cc1c[nH]c2ccccc12. The molecule has 2 aromatic rings. The van der Waals surface area contributed by atoms with Crippen LogP contribution in [0.15, 0.2) is 34.8 Å². The van der Waals surface area contributed by atoms with E-state index in [0.29, 0.717) is 6.42 Å². The molecule has 0 radical (unpaired) electrons. The van der Waals surface area contributed by atoms with Crippen LogP contribution in [0.4, 0.5) is 0 Å². The number of rotatable bonds is 4. The number of aliphatic hydroxyl groups excluding tert-OH is 1. The highest BCUT2D eigenvalue weighted by Gasteiger charge is 2.11. The molecule has 17 heavy (non-hydrogen) atoms. The topological polar surface area (TPSA) is 82.5 Å². The second-order valence-corrected chi connectivity index (χ2v) is 4.37. The van der Waals surface area contributed by atoms with Crippen LogP contribution in [-0.2, 0) is 16.9 Å². The molecule has 1 aromatic carbocycles. The van der Waals surface area contributed by atoms with E-state index in [2.05, 4.69) is 9.35 Å². The minimum Gasteiger partial charge on any atom is -0.394 e. The van der Waals surface area contributed by atoms with E-state index in [1.54, 1.807) is 0 Å². The second kappa shape index (κ2) is 5.11. The molecule has 0 amide bonds. The summed E-state index contributed by atoms with van der Waals surface area (Å²) in [7, 11) is -2.49. The quantitative estimate of drug-likeness (QED) is 0.855. The number of benzene rings is 1. The molecular formula is C11H12N2O3S. The van der Waals surface area contributed by atoms with E-state index >= 15 is 0 Å². The highest BCUT2D eigenvalue weighted by atomic mass is 32.2. The van der Waals surface area contributed by atoms with Gasteiger partial charge < -0.3 is 10.1 Å². The number of hydrogen-bond donors (Lipinski definition) is 2. The fourth-order valence-corrected chi connectivity index (χ4v) is 2.20. The van der Waals surface area contributed by atoms with Gasteiger partial charge in [0.25, 0.3) is 0 Å². The van der Waals surface area contributed by atoms with Crippen LogP contribution in [-0.4, -0.2) is 31.2 Å². The molecule has 0 aliphatic carbocycles. The van der Waals surface area contributed by atoms with Crippen molar-refractivity contribution < 1.29 is 13.5 Å². The molecule has 2 rings (SSSR count). The normalized spacial score (nSPS) is 12.5. The third-order valence-electron chi connectivity index (χ3n) is 2.58. The van der Waals surface area contributed by atoms with Gasteiger partial charge in [0.1, 0.15) is 0 Å². The van der Waals surface area contributed by atoms with Crippen LogP contribution in [0.2, 0.25) is 0 Å². The summed E-state index contributed by atoms with van der Waals surface area (Å²) in [4.78, 5) is 3.09. The minimum absolute atomic E-state index is 0.284. The average Bonchev–Trinajstić information content (AvgIpc) is 2.71. The van der Waals surface area contributed by atoms with Gasteiger partial charge in [-0.05, 0) is 11.6 Å². The number of hydrogen-bond acceptors (Lipinski definition) is 4. The molecule has 5 nitrogen and oxygen atoms in total. The van der Waals surface area contributed by atoms with Gasteiger partial charge in [-0.1, -0.05) is 18.2 Å². The van der Waals surface area contributed by atoms with Gasteiger partial charge in [-0.2, -0.15) is 12.8 Å². The second-order valence-electron chi connectivity index (χ2n) is 3.72. The van der Waals surface area contributed by atoms with Crippen molar-refractivity contribution in [1.29, 1.82) is 0 Å². The number of nitrogens with zero attached hydrogens (tertiary/aromatic N) is 1. The first-order valence-electron chi connectivity index (χ1n) is 5.17. The largest absolute Gasteiger partial charge is 0.394 e. The maximum Gasteiger partial charge on any atom is 0.311 e. The zero-order valence-corrected chi connectivity index (χ0v) is 9.81. The van der Waals surface area contributed by atoms with Crippen LogP contribution < -0.4 is 0 Å². The lowest BCUT2D eigenvalue weighted by Gasteiger charge is -2.05. The van der Waals surface area contributed by atoms with E-state index in [9.17, 15) is 8.42 Å². The number of aromatic nitrogens is 1. The predicted molar refractivity (Wildman–Crippen MR) is 64.2 cm³/mol. The van der Waals surface area contributed by atoms with Crippen LogP contribution in [0.5, 0.6) is 0 Å². The number of H-pyrrole nitrogens is 1. The van der Waals surface area contributed by atoms with Gasteiger partial charge in [-0.25, -0.2) is 0 Å². The van der Waals surface area contributed by atoms with Gasteiger partial charge in [0.2, 0.25) is 0 Å². The zero-order chi connectivity index (χ0) is 12.3. The molecule has 0 bridgehead atoms. The number of aliphatic hydroxyl groups is 1. The highest BCUT2D eigenvalue weighted by Crippen LogP contribution is 2.19. The molecule has 2 N–H and O–H groups in total. The molecular weight excluding hydrogens is 240 g/mol. The first-order chi connectivity index (χ1) is 8.20. The molecule has 0 aliphatic heterocycles. The lowest BCUT2D eigenvalue weighted by atomic mass is 10.1. The lowest BCUT2D eigenvalue weighted by molar-refractivity contribution is 0.267. The Morgan fingerprint density at radius 3 is 2.82 bits per heavy atom. The molecule has 0 unspecified atom stereocenters. The van der Waals surface area contributed by atoms with Gasteiger partial charge in [0.15, 0.2) is 0 Å². The summed E-state index contributed by atoms with van der Waals surface area (Å²) in [5.41, 5.74) is 1.94. The van der Waals surface area contributed by atoms with Crippen LogP contribution in [0.25, 0.3) is 10.9 Å². The van der Waals surface area contributed by atoms with Crippen molar-refractivity contribution in [1.82, 2.24) is 4.98 Å². The molecule has 6 heteroatoms. The Hall–Kier alpha value is -1.66. The molecule has 1 heterocycles. The molecule has 1 atom stereocenters. The summed E-state index contributed by atoms with van der Waals surface area (Å²) in [6, 6.07) is 7.10. The van der Waals surface area contributed by atoms with E-state index in [1.165, 1.54) is 0 Å². The van der Waals surface area contributed by atoms with E-state index in [0.717, 1.165) is 16.5 Å². The minimum atomic E-state index is -2.49. The summed E-state index contributed by atoms with van der Waals surface area (Å²) in [6.45, 7) is -0.284. The Kier molecular flexibility index (Phi) is 3.55. The third kappa shape index (κ3) is 2.72. The van der Waals surface area contributed by atoms with Crippen molar-refractivity contribution in [2.75, 3.05) is 6.61 Å². The Bertz CT molecular complexity index is 638. The molecule has 0 fully saturated rings. The maximum absolute atomic E-state index is 10.5. The fourth-order valence-electron chi connectivity index (χ4n) is 1.81. The van der Waals surface area contributed by atoms with Crippen molar-refractivity contribution in [3.05, 3.63) is 36.0 Å². The third-order valence-corrected chi connectivity index (χ3v) is 3.05. The fraction of sp³-hybridized carbons (Fsp3) is 0.273. The Morgan fingerprint density at radius 2 is 2.12 bits per heavy atom. The number of nitrogens with one attached hydrogen (secondary N) is 1. The van der Waals surface area contributed by atoms with Crippen LogP contribution in [0, 0.1) is 0 Å². The van der Waals surface area contributed by atoms with Crippen molar-refractivity contribution in [2.45, 2.75) is 12.5 Å². The first-order valence-corrected chi connectivity index (χ1v) is 6.20. The molecule has 0 aliphatic rings. The first kappa shape index (κ1) is 11.8. The summed E-state index contributed by atoms with van der Waals surface area (Å²) in [5.74, 6) is 0. The summed E-state index contributed by atoms with van der Waals surface area (Å²) < 4.78 is 24.4. The zero-order valence-electron chi connectivity index (χ0n) is 9.00. The van der Waals surface area contributed by atoms with Gasteiger partial charge in [-0.15, -0.1) is 0 Å². The standard InChI is InChI=1S/C11H12N2O3S/c14-7-9(13-17(15)16)5-8-6-12-11-4-2-1-3-10(8)11/h1-4,6,9,12,14H,5,7H2/t9-/m0/s1. The van der Waals surface area contributed by atoms with Crippen molar-refractivity contribution >= 4 is 21.4 Å². The summed E-state index contributed by atoms with van der Waals surface area (Å²) >= 11 is 0. The lowest BCUT2D eigenvalue weighted by Crippen LogP contribution is -2.13. The summed E-state index contributed by atoms with van der Waals surface area (Å²) in [6.07, 6.45) is 2.21. The molecule has 0 spiro atoms. The van der Waals surface area contributed by atoms with Gasteiger partial charge in [0, 0.05) is 23.5 Å². The highest BCUT2D eigenvalue weighted by molar-refractivity contribution is 7.61. The molecule has 0 saturated heterocycles. The van der Waals surface area contributed by atoms with Crippen molar-refractivity contribution in [3.8, 4) is 0 Å². The van der Waals surface area contributed by atoms with Gasteiger partial charge in [-0.3, -0.25) is 0 Å². The number of aromatic amines is 1. The Morgan fingerprint density at radius 1 is 1.35 bits per heavy atom. The number of para-hydroxylation sites is 1.